The predicted molar refractivity (Wildman–Crippen MR) is 85.3 cm³/mol. The third kappa shape index (κ3) is 3.76. The van der Waals surface area contributed by atoms with E-state index < -0.39 is 11.7 Å². The molecule has 24 heavy (non-hydrogen) atoms. The minimum absolute atomic E-state index is 0.0836. The van der Waals surface area contributed by atoms with Gasteiger partial charge in [0.15, 0.2) is 5.82 Å². The van der Waals surface area contributed by atoms with E-state index in [0.29, 0.717) is 16.7 Å². The van der Waals surface area contributed by atoms with Crippen LogP contribution in [0.15, 0.2) is 53.8 Å². The number of thioether (sulfide) groups is 1. The summed E-state index contributed by atoms with van der Waals surface area (Å²) in [4.78, 5) is 8.54. The maximum Gasteiger partial charge on any atom is 0.416 e. The van der Waals surface area contributed by atoms with Crippen molar-refractivity contribution in [2.45, 2.75) is 23.5 Å². The smallest absolute Gasteiger partial charge is 0.257 e. The summed E-state index contributed by atoms with van der Waals surface area (Å²) in [5.74, 6) is 0.553. The van der Waals surface area contributed by atoms with Crippen LogP contribution in [0.1, 0.15) is 23.3 Å². The molecule has 124 valence electrons. The van der Waals surface area contributed by atoms with E-state index >= 15 is 0 Å². The zero-order chi connectivity index (χ0) is 17.2. The van der Waals surface area contributed by atoms with E-state index in [9.17, 15) is 13.2 Å². The van der Waals surface area contributed by atoms with Gasteiger partial charge in [0.05, 0.1) is 5.56 Å². The Labute approximate surface area is 140 Å². The van der Waals surface area contributed by atoms with E-state index in [1.807, 2.05) is 25.1 Å². The second-order valence-electron chi connectivity index (χ2n) is 5.06. The van der Waals surface area contributed by atoms with Crippen LogP contribution < -0.4 is 0 Å². The highest BCUT2D eigenvalue weighted by atomic mass is 32.2. The van der Waals surface area contributed by atoms with Crippen molar-refractivity contribution < 1.29 is 13.2 Å². The molecule has 8 heteroatoms. The first-order valence-electron chi connectivity index (χ1n) is 7.11. The van der Waals surface area contributed by atoms with E-state index in [1.54, 1.807) is 6.20 Å². The van der Waals surface area contributed by atoms with E-state index in [0.717, 1.165) is 17.7 Å². The lowest BCUT2D eigenvalue weighted by atomic mass is 10.1. The first kappa shape index (κ1) is 16.5. The lowest BCUT2D eigenvalue weighted by Gasteiger charge is -2.11. The number of aromatic nitrogens is 4. The van der Waals surface area contributed by atoms with Crippen molar-refractivity contribution in [3.8, 4) is 11.5 Å². The molecule has 0 aliphatic carbocycles. The third-order valence-electron chi connectivity index (χ3n) is 3.36. The van der Waals surface area contributed by atoms with Crippen molar-refractivity contribution in [2.24, 2.45) is 0 Å². The number of rotatable bonds is 4. The lowest BCUT2D eigenvalue weighted by Crippen LogP contribution is -2.04. The van der Waals surface area contributed by atoms with Gasteiger partial charge in [-0.25, -0.2) is 0 Å². The maximum absolute atomic E-state index is 12.6. The largest absolute Gasteiger partial charge is 0.416 e. The molecule has 0 radical (unpaired) electrons. The average molecular weight is 350 g/mol. The highest BCUT2D eigenvalue weighted by molar-refractivity contribution is 7.99. The third-order valence-corrected chi connectivity index (χ3v) is 4.38. The van der Waals surface area contributed by atoms with Gasteiger partial charge in [-0.2, -0.15) is 18.2 Å². The summed E-state index contributed by atoms with van der Waals surface area (Å²) >= 11 is 1.36. The second-order valence-corrected chi connectivity index (χ2v) is 6.37. The van der Waals surface area contributed by atoms with Gasteiger partial charge >= 0.3 is 6.18 Å². The Bertz CT molecular complexity index is 800. The van der Waals surface area contributed by atoms with Crippen molar-refractivity contribution in [3.63, 3.8) is 0 Å². The number of nitrogens with one attached hydrogen (secondary N) is 1. The van der Waals surface area contributed by atoms with E-state index in [2.05, 4.69) is 20.2 Å². The van der Waals surface area contributed by atoms with Crippen LogP contribution in [0.4, 0.5) is 13.2 Å². The molecule has 4 nitrogen and oxygen atoms in total. The van der Waals surface area contributed by atoms with Gasteiger partial charge in [0.25, 0.3) is 0 Å². The average Bonchev–Trinajstić information content (AvgIpc) is 3.03. The van der Waals surface area contributed by atoms with Gasteiger partial charge in [-0.3, -0.25) is 10.1 Å². The van der Waals surface area contributed by atoms with E-state index in [4.69, 9.17) is 0 Å². The van der Waals surface area contributed by atoms with Crippen molar-refractivity contribution >= 4 is 11.8 Å². The summed E-state index contributed by atoms with van der Waals surface area (Å²) in [5.41, 5.74) is 0.801. The Hall–Kier alpha value is -2.35. The molecule has 2 aromatic heterocycles. The van der Waals surface area contributed by atoms with Crippen molar-refractivity contribution in [3.05, 3.63) is 59.8 Å². The Morgan fingerprint density at radius 3 is 2.46 bits per heavy atom. The van der Waals surface area contributed by atoms with Crippen LogP contribution in [0.2, 0.25) is 0 Å². The number of alkyl halides is 3. The number of aromatic amines is 1. The first-order valence-corrected chi connectivity index (χ1v) is 7.99. The molecule has 3 aromatic rings. The van der Waals surface area contributed by atoms with Crippen LogP contribution >= 0.6 is 11.8 Å². The van der Waals surface area contributed by atoms with Gasteiger partial charge in [-0.05, 0) is 36.8 Å². The SMILES string of the molecule is CC(Sc1n[nH]c(-c2ccccn2)n1)c1ccc(C(F)(F)F)cc1. The molecule has 0 aliphatic rings. The standard InChI is InChI=1S/C16H13F3N4S/c1-10(11-5-7-12(8-6-11)16(17,18)19)24-15-21-14(22-23-15)13-4-2-3-9-20-13/h2-10H,1H3,(H,21,22,23). The summed E-state index contributed by atoms with van der Waals surface area (Å²) in [6.45, 7) is 1.89. The van der Waals surface area contributed by atoms with Crippen LogP contribution in [0.5, 0.6) is 0 Å². The molecule has 0 aliphatic heterocycles. The number of H-pyrrole nitrogens is 1. The topological polar surface area (TPSA) is 54.5 Å². The highest BCUT2D eigenvalue weighted by Gasteiger charge is 2.30. The summed E-state index contributed by atoms with van der Waals surface area (Å²) in [5, 5.41) is 7.37. The zero-order valence-corrected chi connectivity index (χ0v) is 13.4. The van der Waals surface area contributed by atoms with Gasteiger partial charge in [-0.15, -0.1) is 5.10 Å². The normalized spacial score (nSPS) is 13.0. The minimum Gasteiger partial charge on any atom is -0.257 e. The molecule has 0 bridgehead atoms. The monoisotopic (exact) mass is 350 g/mol. The molecule has 0 spiro atoms. The number of nitrogens with zero attached hydrogens (tertiary/aromatic N) is 3. The molecule has 1 unspecified atom stereocenters. The highest BCUT2D eigenvalue weighted by Crippen LogP contribution is 2.35. The summed E-state index contributed by atoms with van der Waals surface area (Å²) in [6, 6.07) is 10.6. The fourth-order valence-electron chi connectivity index (χ4n) is 2.09. The number of halogens is 3. The van der Waals surface area contributed by atoms with Gasteiger partial charge < -0.3 is 0 Å². The number of hydrogen-bond donors (Lipinski definition) is 1. The molecular weight excluding hydrogens is 337 g/mol. The van der Waals surface area contributed by atoms with Gasteiger partial charge in [0.1, 0.15) is 5.69 Å². The second kappa shape index (κ2) is 6.64. The molecule has 0 amide bonds. The van der Waals surface area contributed by atoms with Crippen molar-refractivity contribution in [1.29, 1.82) is 0 Å². The van der Waals surface area contributed by atoms with Gasteiger partial charge in [0.2, 0.25) is 5.16 Å². The van der Waals surface area contributed by atoms with Crippen LogP contribution in [0, 0.1) is 0 Å². The predicted octanol–water partition coefficient (Wildman–Crippen LogP) is 4.74. The van der Waals surface area contributed by atoms with Crippen molar-refractivity contribution in [1.82, 2.24) is 20.2 Å². The number of benzene rings is 1. The number of pyridine rings is 1. The first-order chi connectivity index (χ1) is 11.4. The molecule has 2 heterocycles. The number of hydrogen-bond acceptors (Lipinski definition) is 4. The molecule has 0 fully saturated rings. The Balaban J connectivity index is 1.71. The summed E-state index contributed by atoms with van der Waals surface area (Å²) in [6.07, 6.45) is -2.66. The Morgan fingerprint density at radius 1 is 1.08 bits per heavy atom. The Kier molecular flexibility index (Phi) is 4.57. The fraction of sp³-hybridized carbons (Fsp3) is 0.188. The van der Waals surface area contributed by atoms with Crippen LogP contribution in [-0.2, 0) is 6.18 Å². The van der Waals surface area contributed by atoms with Crippen LogP contribution in [0.25, 0.3) is 11.5 Å². The molecule has 3 rings (SSSR count). The van der Waals surface area contributed by atoms with E-state index in [1.165, 1.54) is 23.9 Å². The molecule has 1 aromatic carbocycles. The zero-order valence-electron chi connectivity index (χ0n) is 12.6. The fourth-order valence-corrected chi connectivity index (χ4v) is 2.94. The molecule has 1 N–H and O–H groups in total. The molecular formula is C16H13F3N4S. The van der Waals surface area contributed by atoms with Crippen molar-refractivity contribution in [2.75, 3.05) is 0 Å². The Morgan fingerprint density at radius 2 is 1.83 bits per heavy atom. The minimum atomic E-state index is -4.32. The van der Waals surface area contributed by atoms with Crippen LogP contribution in [0.3, 0.4) is 0 Å². The molecule has 1 atom stereocenters. The quantitative estimate of drug-likeness (QED) is 0.691. The van der Waals surface area contributed by atoms with E-state index in [-0.39, 0.29) is 5.25 Å². The maximum atomic E-state index is 12.6. The van der Waals surface area contributed by atoms with Gasteiger partial charge in [-0.1, -0.05) is 30.0 Å². The summed E-state index contributed by atoms with van der Waals surface area (Å²) in [7, 11) is 0. The molecule has 0 saturated heterocycles. The summed E-state index contributed by atoms with van der Waals surface area (Å²) < 4.78 is 37.8. The van der Waals surface area contributed by atoms with Crippen LogP contribution in [-0.4, -0.2) is 20.2 Å². The lowest BCUT2D eigenvalue weighted by molar-refractivity contribution is -0.137. The van der Waals surface area contributed by atoms with Gasteiger partial charge in [0, 0.05) is 11.4 Å². The molecule has 0 saturated carbocycles.